The van der Waals surface area contributed by atoms with Gasteiger partial charge in [0.1, 0.15) is 0 Å². The topological polar surface area (TPSA) is 218 Å². The van der Waals surface area contributed by atoms with E-state index in [1.807, 2.05) is 0 Å². The van der Waals surface area contributed by atoms with Crippen LogP contribution in [0.25, 0.3) is 0 Å². The summed E-state index contributed by atoms with van der Waals surface area (Å²) < 4.78 is 99.1. The van der Waals surface area contributed by atoms with Crippen molar-refractivity contribution in [3.05, 3.63) is 0 Å². The molecule has 0 aromatic carbocycles. The Labute approximate surface area is 351 Å². The molecule has 0 amide bonds. The lowest BCUT2D eigenvalue weighted by Gasteiger charge is -2.30. The van der Waals surface area contributed by atoms with Crippen LogP contribution in [0.2, 0.25) is 12.1 Å². The van der Waals surface area contributed by atoms with E-state index in [0.717, 1.165) is 12.8 Å². The normalized spacial score (nSPS) is 12.0. The molecule has 0 unspecified atom stereocenters. The first-order valence-corrected chi connectivity index (χ1v) is 24.0. The molecule has 0 rings (SSSR count). The van der Waals surface area contributed by atoms with Gasteiger partial charge in [-0.2, -0.15) is 0 Å². The van der Waals surface area contributed by atoms with Gasteiger partial charge in [0.05, 0.1) is 159 Å². The van der Waals surface area contributed by atoms with E-state index in [4.69, 9.17) is 94.9 Å². The number of nitrogens with two attached hydrogens (primary N) is 2. The molecular formula is C36H82N2O18Si2. The Morgan fingerprint density at radius 3 is 0.586 bits per heavy atom. The van der Waals surface area contributed by atoms with Crippen molar-refractivity contribution < 1.29 is 83.4 Å². The Bertz CT molecular complexity index is 638. The van der Waals surface area contributed by atoms with Gasteiger partial charge in [0, 0.05) is 54.7 Å². The standard InChI is InChI=1S/2C18H41NO9Si/c2*1-20-6-9-23-12-15-26-29(18-4-5-19,27-16-13-24-10-7-21-2)28-17-14-25-11-8-22-3/h2*4-19H2,1-3H3. The van der Waals surface area contributed by atoms with Crippen molar-refractivity contribution in [3.8, 4) is 0 Å². The second-order valence-corrected chi connectivity index (χ2v) is 17.3. The predicted octanol–water partition coefficient (Wildman–Crippen LogP) is 0.626. The highest BCUT2D eigenvalue weighted by Crippen LogP contribution is 2.19. The summed E-state index contributed by atoms with van der Waals surface area (Å²) in [6, 6.07) is 1.25. The van der Waals surface area contributed by atoms with Gasteiger partial charge in [0.15, 0.2) is 0 Å². The van der Waals surface area contributed by atoms with Gasteiger partial charge < -0.3 is 94.9 Å². The molecule has 0 fully saturated rings. The lowest BCUT2D eigenvalue weighted by Crippen LogP contribution is -2.48. The Morgan fingerprint density at radius 1 is 0.259 bits per heavy atom. The van der Waals surface area contributed by atoms with Gasteiger partial charge in [-0.25, -0.2) is 0 Å². The van der Waals surface area contributed by atoms with Crippen molar-refractivity contribution in [1.29, 1.82) is 0 Å². The van der Waals surface area contributed by atoms with E-state index in [0.29, 0.717) is 184 Å². The molecule has 4 N–H and O–H groups in total. The van der Waals surface area contributed by atoms with Gasteiger partial charge in [-0.1, -0.05) is 0 Å². The Kier molecular flexibility index (Phi) is 50.8. The SMILES string of the molecule is COCCOCCO[Si](CCCN)(OCCOCCOC)OCCOCCOC.COCCOCCO[Si](CCCN)(OCCOCCOC)OCCOCCOC. The number of hydrogen-bond acceptors (Lipinski definition) is 20. The third kappa shape index (κ3) is 41.0. The van der Waals surface area contributed by atoms with E-state index < -0.39 is 17.6 Å². The molecular weight excluding hydrogens is 805 g/mol. The first kappa shape index (κ1) is 59.7. The van der Waals surface area contributed by atoms with Crippen molar-refractivity contribution in [2.24, 2.45) is 11.5 Å². The highest BCUT2D eigenvalue weighted by molar-refractivity contribution is 6.61. The van der Waals surface area contributed by atoms with Crippen LogP contribution in [0, 0.1) is 0 Å². The van der Waals surface area contributed by atoms with Gasteiger partial charge in [0.2, 0.25) is 0 Å². The van der Waals surface area contributed by atoms with Crippen molar-refractivity contribution in [3.63, 3.8) is 0 Å². The van der Waals surface area contributed by atoms with E-state index >= 15 is 0 Å². The fraction of sp³-hybridized carbons (Fsp3) is 1.00. The minimum Gasteiger partial charge on any atom is -0.382 e. The van der Waals surface area contributed by atoms with Gasteiger partial charge in [0.25, 0.3) is 0 Å². The minimum absolute atomic E-state index is 0.371. The van der Waals surface area contributed by atoms with Crippen LogP contribution >= 0.6 is 0 Å². The van der Waals surface area contributed by atoms with Crippen LogP contribution in [0.3, 0.4) is 0 Å². The lowest BCUT2D eigenvalue weighted by atomic mass is 10.5. The fourth-order valence-corrected chi connectivity index (χ4v) is 9.33. The zero-order chi connectivity index (χ0) is 42.9. The quantitative estimate of drug-likeness (QED) is 0.0632. The first-order chi connectivity index (χ1) is 28.5. The van der Waals surface area contributed by atoms with Gasteiger partial charge >= 0.3 is 17.6 Å². The molecule has 0 saturated carbocycles. The molecule has 0 aromatic heterocycles. The average Bonchev–Trinajstić information content (AvgIpc) is 3.24. The molecule has 0 aliphatic carbocycles. The summed E-state index contributed by atoms with van der Waals surface area (Å²) in [5.41, 5.74) is 11.4. The van der Waals surface area contributed by atoms with Crippen LogP contribution < -0.4 is 11.5 Å². The summed E-state index contributed by atoms with van der Waals surface area (Å²) >= 11 is 0. The average molecular weight is 887 g/mol. The van der Waals surface area contributed by atoms with Crippen LogP contribution in [-0.4, -0.2) is 232 Å². The van der Waals surface area contributed by atoms with Crippen LogP contribution in [0.15, 0.2) is 0 Å². The summed E-state index contributed by atoms with van der Waals surface area (Å²) in [6.45, 7) is 12.2. The van der Waals surface area contributed by atoms with Crippen LogP contribution in [0.5, 0.6) is 0 Å². The summed E-state index contributed by atoms with van der Waals surface area (Å²) in [7, 11) is 3.94. The molecule has 58 heavy (non-hydrogen) atoms. The molecule has 20 nitrogen and oxygen atoms in total. The van der Waals surface area contributed by atoms with Crippen molar-refractivity contribution in [1.82, 2.24) is 0 Å². The van der Waals surface area contributed by atoms with E-state index in [2.05, 4.69) is 0 Å². The summed E-state index contributed by atoms with van der Waals surface area (Å²) in [5, 5.41) is 0. The van der Waals surface area contributed by atoms with E-state index in [-0.39, 0.29) is 0 Å². The second-order valence-electron chi connectivity index (χ2n) is 11.9. The third-order valence-corrected chi connectivity index (χ3v) is 13.1. The zero-order valence-corrected chi connectivity index (χ0v) is 38.7. The maximum atomic E-state index is 6.08. The summed E-state index contributed by atoms with van der Waals surface area (Å²) in [6.07, 6.45) is 1.48. The van der Waals surface area contributed by atoms with Crippen molar-refractivity contribution in [2.75, 3.05) is 214 Å². The number of hydrogen-bond donors (Lipinski definition) is 2. The van der Waals surface area contributed by atoms with Crippen molar-refractivity contribution >= 4 is 17.6 Å². The van der Waals surface area contributed by atoms with Crippen LogP contribution in [0.1, 0.15) is 12.8 Å². The lowest BCUT2D eigenvalue weighted by molar-refractivity contribution is -0.0113. The maximum Gasteiger partial charge on any atom is 0.501 e. The van der Waals surface area contributed by atoms with E-state index in [9.17, 15) is 0 Å². The summed E-state index contributed by atoms with van der Waals surface area (Å²) in [5.74, 6) is 0. The molecule has 22 heteroatoms. The maximum absolute atomic E-state index is 6.08. The molecule has 0 radical (unpaired) electrons. The van der Waals surface area contributed by atoms with E-state index in [1.165, 1.54) is 0 Å². The molecule has 352 valence electrons. The number of rotatable bonds is 48. The van der Waals surface area contributed by atoms with Gasteiger partial charge in [-0.05, 0) is 25.9 Å². The highest BCUT2D eigenvalue weighted by Gasteiger charge is 2.41. The Balaban J connectivity index is 0. The molecule has 0 heterocycles. The fourth-order valence-electron chi connectivity index (χ4n) is 4.32. The van der Waals surface area contributed by atoms with Crippen molar-refractivity contribution in [2.45, 2.75) is 24.9 Å². The predicted molar refractivity (Wildman–Crippen MR) is 220 cm³/mol. The third-order valence-electron chi connectivity index (χ3n) is 7.26. The molecule has 0 aliphatic heterocycles. The van der Waals surface area contributed by atoms with E-state index in [1.54, 1.807) is 42.7 Å². The number of ether oxygens (including phenoxy) is 12. The molecule has 0 aromatic rings. The second kappa shape index (κ2) is 49.3. The molecule has 0 bridgehead atoms. The van der Waals surface area contributed by atoms with Gasteiger partial charge in [-0.3, -0.25) is 0 Å². The molecule has 0 aliphatic rings. The zero-order valence-electron chi connectivity index (χ0n) is 36.7. The smallest absolute Gasteiger partial charge is 0.382 e. The summed E-state index contributed by atoms with van der Waals surface area (Å²) in [4.78, 5) is 0. The minimum atomic E-state index is -2.94. The highest BCUT2D eigenvalue weighted by atomic mass is 28.4. The molecule has 0 spiro atoms. The van der Waals surface area contributed by atoms with Gasteiger partial charge in [-0.15, -0.1) is 0 Å². The van der Waals surface area contributed by atoms with Crippen LogP contribution in [-0.2, 0) is 83.4 Å². The number of methoxy groups -OCH3 is 6. The van der Waals surface area contributed by atoms with Crippen LogP contribution in [0.4, 0.5) is 0 Å². The molecule has 0 atom stereocenters. The first-order valence-electron chi connectivity index (χ1n) is 20.1. The Hall–Kier alpha value is -0.366. The molecule has 0 saturated heterocycles. The monoisotopic (exact) mass is 887 g/mol. The Morgan fingerprint density at radius 2 is 0.431 bits per heavy atom. The largest absolute Gasteiger partial charge is 0.501 e.